The molecule has 2 aliphatic rings. The summed E-state index contributed by atoms with van der Waals surface area (Å²) in [6.45, 7) is 1.04. The summed E-state index contributed by atoms with van der Waals surface area (Å²) >= 11 is 0.804. The summed E-state index contributed by atoms with van der Waals surface area (Å²) < 4.78 is 14.9. The summed E-state index contributed by atoms with van der Waals surface area (Å²) in [6.07, 6.45) is 5.24. The Kier molecular flexibility index (Phi) is 6.60. The number of thioether (sulfide) groups is 1. The number of rotatable bonds is 6. The fourth-order valence-electron chi connectivity index (χ4n) is 4.39. The molecule has 2 aliphatic heterocycles. The van der Waals surface area contributed by atoms with Crippen molar-refractivity contribution in [3.63, 3.8) is 0 Å². The number of aromatic nitrogens is 1. The van der Waals surface area contributed by atoms with E-state index in [0.29, 0.717) is 24.3 Å². The van der Waals surface area contributed by atoms with Gasteiger partial charge in [0.1, 0.15) is 18.9 Å². The van der Waals surface area contributed by atoms with E-state index >= 15 is 0 Å². The second-order valence-electron chi connectivity index (χ2n) is 8.64. The first-order chi connectivity index (χ1) is 17.4. The summed E-state index contributed by atoms with van der Waals surface area (Å²) in [7, 11) is 0. The zero-order valence-corrected chi connectivity index (χ0v) is 20.1. The molecule has 1 aromatic heterocycles. The maximum absolute atomic E-state index is 13.1. The van der Waals surface area contributed by atoms with E-state index in [4.69, 9.17) is 0 Å². The molecule has 5 rings (SSSR count). The summed E-state index contributed by atoms with van der Waals surface area (Å²) in [5, 5.41) is 3.08. The average molecular weight is 507 g/mol. The largest absolute Gasteiger partial charge is 0.341 e. The van der Waals surface area contributed by atoms with Crippen molar-refractivity contribution in [1.82, 2.24) is 14.4 Å². The van der Waals surface area contributed by atoms with Crippen LogP contribution in [0.1, 0.15) is 18.4 Å². The second-order valence-corrected chi connectivity index (χ2v) is 9.63. The number of nitrogens with one attached hydrogen (secondary N) is 1. The Hall–Kier alpha value is -3.92. The van der Waals surface area contributed by atoms with Gasteiger partial charge in [0, 0.05) is 41.4 Å². The van der Waals surface area contributed by atoms with Crippen LogP contribution in [-0.4, -0.2) is 57.0 Å². The van der Waals surface area contributed by atoms with Gasteiger partial charge in [0.25, 0.3) is 11.1 Å². The standard InChI is InChI=1S/C26H23FN4O4S/c27-18-7-9-19(10-8-18)28-23(32)15-30-14-17(20-5-1-2-6-21(20)30)13-22-25(34)31(26(35)36-22)16-24(33)29-11-3-4-12-29/h1-2,5-10,13-14H,3-4,11-12,15-16H2,(H,28,32). The van der Waals surface area contributed by atoms with Gasteiger partial charge in [-0.2, -0.15) is 0 Å². The topological polar surface area (TPSA) is 91.7 Å². The van der Waals surface area contributed by atoms with E-state index in [1.54, 1.807) is 21.7 Å². The monoisotopic (exact) mass is 506 g/mol. The molecule has 0 saturated carbocycles. The number of likely N-dealkylation sites (tertiary alicyclic amines) is 1. The molecule has 0 atom stereocenters. The number of benzene rings is 2. The maximum Gasteiger partial charge on any atom is 0.294 e. The molecule has 2 fully saturated rings. The molecule has 1 N–H and O–H groups in total. The lowest BCUT2D eigenvalue weighted by Crippen LogP contribution is -2.40. The molecule has 0 bridgehead atoms. The van der Waals surface area contributed by atoms with Crippen LogP contribution in [0.15, 0.2) is 59.6 Å². The Balaban J connectivity index is 1.35. The van der Waals surface area contributed by atoms with Gasteiger partial charge in [0.2, 0.25) is 11.8 Å². The third kappa shape index (κ3) is 4.90. The predicted octanol–water partition coefficient (Wildman–Crippen LogP) is 4.08. The highest BCUT2D eigenvalue weighted by Gasteiger charge is 2.37. The van der Waals surface area contributed by atoms with Crippen molar-refractivity contribution >= 4 is 57.4 Å². The number of carbonyl (C=O) groups is 4. The van der Waals surface area contributed by atoms with Crippen LogP contribution < -0.4 is 5.32 Å². The molecule has 184 valence electrons. The third-order valence-electron chi connectivity index (χ3n) is 6.17. The summed E-state index contributed by atoms with van der Waals surface area (Å²) in [4.78, 5) is 53.5. The predicted molar refractivity (Wildman–Crippen MR) is 135 cm³/mol. The van der Waals surface area contributed by atoms with E-state index in [1.807, 2.05) is 24.3 Å². The lowest BCUT2D eigenvalue weighted by atomic mass is 10.1. The average Bonchev–Trinajstić information content (AvgIpc) is 3.58. The van der Waals surface area contributed by atoms with Gasteiger partial charge in [-0.1, -0.05) is 18.2 Å². The van der Waals surface area contributed by atoms with Crippen LogP contribution in [0.3, 0.4) is 0 Å². The molecular formula is C26H23FN4O4S. The fraction of sp³-hybridized carbons (Fsp3) is 0.231. The number of hydrogen-bond acceptors (Lipinski definition) is 5. The zero-order valence-electron chi connectivity index (χ0n) is 19.3. The van der Waals surface area contributed by atoms with Crippen LogP contribution in [0.2, 0.25) is 0 Å². The highest BCUT2D eigenvalue weighted by molar-refractivity contribution is 8.18. The number of hydrogen-bond donors (Lipinski definition) is 1. The minimum Gasteiger partial charge on any atom is -0.341 e. The van der Waals surface area contributed by atoms with E-state index in [2.05, 4.69) is 5.32 Å². The van der Waals surface area contributed by atoms with Crippen molar-refractivity contribution in [3.05, 3.63) is 71.0 Å². The lowest BCUT2D eigenvalue weighted by Gasteiger charge is -2.18. The Morgan fingerprint density at radius 2 is 1.72 bits per heavy atom. The quantitative estimate of drug-likeness (QED) is 0.509. The van der Waals surface area contributed by atoms with Gasteiger partial charge in [-0.05, 0) is 61.0 Å². The SMILES string of the molecule is O=C(Cn1cc(C=C2SC(=O)N(CC(=O)N3CCCC3)C2=O)c2ccccc21)Nc1ccc(F)cc1. The van der Waals surface area contributed by atoms with Crippen molar-refractivity contribution < 1.29 is 23.6 Å². The number of carbonyl (C=O) groups excluding carboxylic acids is 4. The Bertz CT molecular complexity index is 1390. The Labute approximate surface area is 210 Å². The van der Waals surface area contributed by atoms with Gasteiger partial charge in [-0.3, -0.25) is 24.1 Å². The van der Waals surface area contributed by atoms with Gasteiger partial charge in [0.15, 0.2) is 0 Å². The molecule has 2 aromatic carbocycles. The minimum absolute atomic E-state index is 0.00244. The number of fused-ring (bicyclic) bond motifs is 1. The van der Waals surface area contributed by atoms with Crippen molar-refractivity contribution in [1.29, 1.82) is 0 Å². The number of amides is 4. The molecule has 2 saturated heterocycles. The highest BCUT2D eigenvalue weighted by atomic mass is 32.2. The van der Waals surface area contributed by atoms with Crippen molar-refractivity contribution in [2.24, 2.45) is 0 Å². The van der Waals surface area contributed by atoms with Crippen molar-refractivity contribution in [3.8, 4) is 0 Å². The van der Waals surface area contributed by atoms with Gasteiger partial charge in [-0.25, -0.2) is 4.39 Å². The fourth-order valence-corrected chi connectivity index (χ4v) is 5.22. The number of anilines is 1. The van der Waals surface area contributed by atoms with Crippen molar-refractivity contribution in [2.45, 2.75) is 19.4 Å². The van der Waals surface area contributed by atoms with Crippen LogP contribution in [-0.2, 0) is 20.9 Å². The number of imide groups is 1. The number of halogens is 1. The van der Waals surface area contributed by atoms with Gasteiger partial charge in [-0.15, -0.1) is 0 Å². The van der Waals surface area contributed by atoms with Crippen LogP contribution in [0.5, 0.6) is 0 Å². The molecule has 3 aromatic rings. The summed E-state index contributed by atoms with van der Waals surface area (Å²) in [5.74, 6) is -1.41. The summed E-state index contributed by atoms with van der Waals surface area (Å²) in [6, 6.07) is 12.9. The maximum atomic E-state index is 13.1. The molecule has 36 heavy (non-hydrogen) atoms. The van der Waals surface area contributed by atoms with Gasteiger partial charge in [0.05, 0.1) is 4.91 Å². The molecule has 10 heteroatoms. The molecule has 0 unspecified atom stereocenters. The van der Waals surface area contributed by atoms with E-state index in [0.717, 1.165) is 40.4 Å². The second kappa shape index (κ2) is 9.98. The molecule has 8 nitrogen and oxygen atoms in total. The lowest BCUT2D eigenvalue weighted by molar-refractivity contribution is -0.135. The first-order valence-electron chi connectivity index (χ1n) is 11.6. The van der Waals surface area contributed by atoms with Crippen LogP contribution in [0, 0.1) is 5.82 Å². The first kappa shape index (κ1) is 23.8. The molecule has 0 aliphatic carbocycles. The Morgan fingerprint density at radius 1 is 1.00 bits per heavy atom. The first-order valence-corrected chi connectivity index (χ1v) is 12.4. The van der Waals surface area contributed by atoms with Crippen LogP contribution in [0.4, 0.5) is 14.9 Å². The molecule has 0 spiro atoms. The normalized spacial score (nSPS) is 17.0. The van der Waals surface area contributed by atoms with E-state index < -0.39 is 11.1 Å². The highest BCUT2D eigenvalue weighted by Crippen LogP contribution is 2.34. The molecule has 4 amide bonds. The van der Waals surface area contributed by atoms with Gasteiger partial charge < -0.3 is 14.8 Å². The summed E-state index contributed by atoms with van der Waals surface area (Å²) in [5.41, 5.74) is 1.94. The van der Waals surface area contributed by atoms with Crippen molar-refractivity contribution in [2.75, 3.05) is 25.0 Å². The Morgan fingerprint density at radius 3 is 2.47 bits per heavy atom. The van der Waals surface area contributed by atoms with Crippen LogP contribution in [0.25, 0.3) is 17.0 Å². The molecular weight excluding hydrogens is 483 g/mol. The smallest absolute Gasteiger partial charge is 0.294 e. The molecule has 3 heterocycles. The van der Waals surface area contributed by atoms with Gasteiger partial charge >= 0.3 is 0 Å². The number of para-hydroxylation sites is 1. The minimum atomic E-state index is -0.497. The van der Waals surface area contributed by atoms with Crippen LogP contribution >= 0.6 is 11.8 Å². The number of nitrogens with zero attached hydrogens (tertiary/aromatic N) is 3. The van der Waals surface area contributed by atoms with E-state index in [1.165, 1.54) is 24.3 Å². The molecule has 0 radical (unpaired) electrons. The van der Waals surface area contributed by atoms with E-state index in [-0.39, 0.29) is 35.6 Å². The zero-order chi connectivity index (χ0) is 25.2. The third-order valence-corrected chi connectivity index (χ3v) is 7.08. The van der Waals surface area contributed by atoms with E-state index in [9.17, 15) is 23.6 Å².